The van der Waals surface area contributed by atoms with E-state index in [4.69, 9.17) is 0 Å². The Balaban J connectivity index is 1.23. The fourth-order valence-corrected chi connectivity index (χ4v) is 6.05. The molecule has 1 fully saturated rings. The number of nitrogens with zero attached hydrogens (tertiary/aromatic N) is 4. The van der Waals surface area contributed by atoms with E-state index in [9.17, 15) is 4.39 Å². The Morgan fingerprint density at radius 3 is 2.90 bits per heavy atom. The third kappa shape index (κ3) is 3.73. The third-order valence-corrected chi connectivity index (χ3v) is 7.64. The number of aryl methyl sites for hydroxylation is 2. The minimum Gasteiger partial charge on any atom is -0.367 e. The Morgan fingerprint density at radius 1 is 1.21 bits per heavy atom. The van der Waals surface area contributed by atoms with Crippen LogP contribution in [0.25, 0.3) is 10.2 Å². The molecular formula is C22H26FN5S. The van der Waals surface area contributed by atoms with Gasteiger partial charge in [0.1, 0.15) is 22.8 Å². The number of nitrogens with one attached hydrogen (secondary N) is 1. The third-order valence-electron chi connectivity index (χ3n) is 6.44. The first-order valence-corrected chi connectivity index (χ1v) is 11.3. The monoisotopic (exact) mass is 411 g/mol. The Kier molecular flexibility index (Phi) is 5.18. The molecule has 0 aromatic carbocycles. The molecule has 0 amide bonds. The predicted molar refractivity (Wildman–Crippen MR) is 115 cm³/mol. The zero-order chi connectivity index (χ0) is 19.8. The largest absolute Gasteiger partial charge is 0.367 e. The zero-order valence-corrected chi connectivity index (χ0v) is 17.5. The van der Waals surface area contributed by atoms with Gasteiger partial charge in [-0.05, 0) is 63.6 Å². The smallest absolute Gasteiger partial charge is 0.145 e. The number of fused-ring (bicyclic) bond motifs is 3. The van der Waals surface area contributed by atoms with Crippen LogP contribution < -0.4 is 5.32 Å². The van der Waals surface area contributed by atoms with E-state index in [-0.39, 0.29) is 5.82 Å². The van der Waals surface area contributed by atoms with Crippen LogP contribution in [0.2, 0.25) is 0 Å². The van der Waals surface area contributed by atoms with Crippen molar-refractivity contribution in [3.05, 3.63) is 46.6 Å². The van der Waals surface area contributed by atoms with Crippen LogP contribution in [-0.2, 0) is 19.4 Å². The molecule has 3 heterocycles. The highest BCUT2D eigenvalue weighted by Gasteiger charge is 2.26. The number of rotatable bonds is 5. The van der Waals surface area contributed by atoms with E-state index < -0.39 is 0 Å². The summed E-state index contributed by atoms with van der Waals surface area (Å²) in [6.45, 7) is 0.630. The molecule has 3 aromatic rings. The van der Waals surface area contributed by atoms with E-state index in [2.05, 4.69) is 32.2 Å². The average molecular weight is 412 g/mol. The molecule has 0 bridgehead atoms. The second-order valence-corrected chi connectivity index (χ2v) is 9.38. The Morgan fingerprint density at radius 2 is 2.07 bits per heavy atom. The van der Waals surface area contributed by atoms with Crippen LogP contribution in [0.1, 0.15) is 48.1 Å². The van der Waals surface area contributed by atoms with Gasteiger partial charge in [-0.3, -0.25) is 9.88 Å². The van der Waals surface area contributed by atoms with Crippen molar-refractivity contribution < 1.29 is 4.39 Å². The van der Waals surface area contributed by atoms with Gasteiger partial charge in [0.05, 0.1) is 11.6 Å². The van der Waals surface area contributed by atoms with Crippen LogP contribution in [0.15, 0.2) is 24.8 Å². The molecule has 0 radical (unpaired) electrons. The summed E-state index contributed by atoms with van der Waals surface area (Å²) in [5.41, 5.74) is 2.19. The van der Waals surface area contributed by atoms with Gasteiger partial charge < -0.3 is 5.32 Å². The molecule has 1 N–H and O–H groups in total. The number of halogens is 1. The maximum absolute atomic E-state index is 13.9. The topological polar surface area (TPSA) is 53.9 Å². The Labute approximate surface area is 174 Å². The minimum atomic E-state index is -0.217. The molecule has 2 aliphatic rings. The van der Waals surface area contributed by atoms with Gasteiger partial charge in [-0.25, -0.2) is 14.4 Å². The molecule has 0 aliphatic heterocycles. The van der Waals surface area contributed by atoms with E-state index >= 15 is 0 Å². The first-order chi connectivity index (χ1) is 14.2. The lowest BCUT2D eigenvalue weighted by molar-refractivity contribution is 0.177. The van der Waals surface area contributed by atoms with Crippen molar-refractivity contribution in [3.8, 4) is 0 Å². The van der Waals surface area contributed by atoms with Crippen molar-refractivity contribution in [3.63, 3.8) is 0 Å². The van der Waals surface area contributed by atoms with Crippen LogP contribution in [0.4, 0.5) is 10.2 Å². The van der Waals surface area contributed by atoms with Crippen molar-refractivity contribution >= 4 is 27.4 Å². The number of pyridine rings is 1. The molecule has 5 rings (SSSR count). The number of thiophene rings is 1. The highest BCUT2D eigenvalue weighted by molar-refractivity contribution is 7.19. The first kappa shape index (κ1) is 18.9. The quantitative estimate of drug-likeness (QED) is 0.667. The fraction of sp³-hybridized carbons (Fsp3) is 0.500. The molecule has 29 heavy (non-hydrogen) atoms. The van der Waals surface area contributed by atoms with Crippen molar-refractivity contribution in [2.75, 3.05) is 12.4 Å². The number of hydrogen-bond donors (Lipinski definition) is 1. The Hall–Kier alpha value is -2.12. The predicted octanol–water partition coefficient (Wildman–Crippen LogP) is 4.57. The maximum Gasteiger partial charge on any atom is 0.145 e. The molecule has 152 valence electrons. The molecule has 1 saturated carbocycles. The van der Waals surface area contributed by atoms with Gasteiger partial charge in [0, 0.05) is 35.3 Å². The summed E-state index contributed by atoms with van der Waals surface area (Å²) in [5.74, 6) is 0.802. The molecule has 2 aliphatic carbocycles. The van der Waals surface area contributed by atoms with Crippen molar-refractivity contribution in [1.82, 2.24) is 19.9 Å². The molecule has 3 aromatic heterocycles. The van der Waals surface area contributed by atoms with E-state index in [1.165, 1.54) is 34.9 Å². The second-order valence-electron chi connectivity index (χ2n) is 8.29. The summed E-state index contributed by atoms with van der Waals surface area (Å²) in [7, 11) is 2.10. The molecule has 0 unspecified atom stereocenters. The van der Waals surface area contributed by atoms with Gasteiger partial charge in [0.15, 0.2) is 0 Å². The van der Waals surface area contributed by atoms with Gasteiger partial charge >= 0.3 is 0 Å². The van der Waals surface area contributed by atoms with Crippen molar-refractivity contribution in [1.29, 1.82) is 0 Å². The second kappa shape index (κ2) is 7.95. The molecule has 0 spiro atoms. The SMILES string of the molecule is CN(Cc1ccncc1F)C1CCC(Nc2ncnc3sc4c(c23)CCC4)CC1. The van der Waals surface area contributed by atoms with Crippen LogP contribution >= 0.6 is 11.3 Å². The van der Waals surface area contributed by atoms with Crippen LogP contribution in [-0.4, -0.2) is 39.0 Å². The van der Waals surface area contributed by atoms with Crippen LogP contribution in [0.5, 0.6) is 0 Å². The van der Waals surface area contributed by atoms with E-state index in [1.807, 2.05) is 11.3 Å². The van der Waals surface area contributed by atoms with Gasteiger partial charge in [0.25, 0.3) is 0 Å². The summed E-state index contributed by atoms with van der Waals surface area (Å²) in [6, 6.07) is 2.70. The highest BCUT2D eigenvalue weighted by atomic mass is 32.1. The zero-order valence-electron chi connectivity index (χ0n) is 16.7. The normalized spacial score (nSPS) is 21.6. The van der Waals surface area contributed by atoms with E-state index in [0.717, 1.165) is 48.3 Å². The lowest BCUT2D eigenvalue weighted by atomic mass is 9.90. The first-order valence-electron chi connectivity index (χ1n) is 10.5. The summed E-state index contributed by atoms with van der Waals surface area (Å²) < 4.78 is 13.9. The highest BCUT2D eigenvalue weighted by Crippen LogP contribution is 2.39. The molecule has 7 heteroatoms. The van der Waals surface area contributed by atoms with Crippen LogP contribution in [0.3, 0.4) is 0 Å². The molecular weight excluding hydrogens is 385 g/mol. The minimum absolute atomic E-state index is 0.217. The lowest BCUT2D eigenvalue weighted by Gasteiger charge is -2.35. The standard InChI is InChI=1S/C22H26FN5S/c1-28(12-14-9-10-24-11-18(14)23)16-7-5-15(6-8-16)27-21-20-17-3-2-4-19(17)29-22(20)26-13-25-21/h9-11,13,15-16H,2-8,12H2,1H3,(H,25,26,27). The summed E-state index contributed by atoms with van der Waals surface area (Å²) in [5, 5.41) is 4.99. The summed E-state index contributed by atoms with van der Waals surface area (Å²) in [6.07, 6.45) is 12.7. The van der Waals surface area contributed by atoms with Gasteiger partial charge in [0.2, 0.25) is 0 Å². The number of aromatic nitrogens is 3. The average Bonchev–Trinajstić information content (AvgIpc) is 3.32. The molecule has 0 atom stereocenters. The summed E-state index contributed by atoms with van der Waals surface area (Å²) >= 11 is 1.84. The Bertz CT molecular complexity index is 1010. The van der Waals surface area contributed by atoms with E-state index in [0.29, 0.717) is 18.6 Å². The van der Waals surface area contributed by atoms with Crippen molar-refractivity contribution in [2.45, 2.75) is 63.6 Å². The maximum atomic E-state index is 13.9. The van der Waals surface area contributed by atoms with Crippen molar-refractivity contribution in [2.24, 2.45) is 0 Å². The van der Waals surface area contributed by atoms with Gasteiger partial charge in [-0.1, -0.05) is 0 Å². The molecule has 5 nitrogen and oxygen atoms in total. The summed E-state index contributed by atoms with van der Waals surface area (Å²) in [4.78, 5) is 17.8. The number of anilines is 1. The number of hydrogen-bond acceptors (Lipinski definition) is 6. The van der Waals surface area contributed by atoms with E-state index in [1.54, 1.807) is 18.6 Å². The van der Waals surface area contributed by atoms with Crippen LogP contribution in [0, 0.1) is 5.82 Å². The molecule has 0 saturated heterocycles. The fourth-order valence-electron chi connectivity index (χ4n) is 4.82. The van der Waals surface area contributed by atoms with Gasteiger partial charge in [-0.15, -0.1) is 11.3 Å². The van der Waals surface area contributed by atoms with Gasteiger partial charge in [-0.2, -0.15) is 0 Å². The lowest BCUT2D eigenvalue weighted by Crippen LogP contribution is -2.38.